The van der Waals surface area contributed by atoms with Crippen molar-refractivity contribution in [2.75, 3.05) is 18.8 Å². The lowest BCUT2D eigenvalue weighted by Gasteiger charge is -2.15. The van der Waals surface area contributed by atoms with Gasteiger partial charge in [-0.2, -0.15) is 8.42 Å². The summed E-state index contributed by atoms with van der Waals surface area (Å²) in [7, 11) is -4.53. The molecule has 1 aromatic carbocycles. The van der Waals surface area contributed by atoms with Gasteiger partial charge in [0.1, 0.15) is 0 Å². The van der Waals surface area contributed by atoms with E-state index in [-0.39, 0.29) is 12.3 Å². The van der Waals surface area contributed by atoms with Gasteiger partial charge in [-0.1, -0.05) is 12.1 Å². The fraction of sp³-hybridized carbons (Fsp3) is 0.429. The summed E-state index contributed by atoms with van der Waals surface area (Å²) in [6.45, 7) is 0.786. The molecule has 1 saturated heterocycles. The maximum atomic E-state index is 12.7. The summed E-state index contributed by atoms with van der Waals surface area (Å²) < 4.78 is 35.2. The van der Waals surface area contributed by atoms with E-state index in [4.69, 9.17) is 0 Å². The number of hydrogen-bond acceptors (Lipinski definition) is 5. The Morgan fingerprint density at radius 1 is 1.36 bits per heavy atom. The maximum Gasteiger partial charge on any atom is 0.302 e. The summed E-state index contributed by atoms with van der Waals surface area (Å²) in [5.74, 6) is -1.14. The van der Waals surface area contributed by atoms with Crippen LogP contribution in [-0.2, 0) is 21.4 Å². The molecule has 3 rings (SSSR count). The van der Waals surface area contributed by atoms with E-state index in [0.717, 1.165) is 15.2 Å². The highest BCUT2D eigenvalue weighted by molar-refractivity contribution is 7.86. The summed E-state index contributed by atoms with van der Waals surface area (Å²) in [5, 5.41) is 0.940. The van der Waals surface area contributed by atoms with Crippen molar-refractivity contribution in [1.82, 2.24) is 9.88 Å². The van der Waals surface area contributed by atoms with Gasteiger partial charge in [0.05, 0.1) is 21.0 Å². The highest BCUT2D eigenvalue weighted by atomic mass is 32.3. The Hall–Kier alpha value is -1.54. The number of benzene rings is 1. The largest absolute Gasteiger partial charge is 0.342 e. The topological polar surface area (TPSA) is 67.3 Å². The van der Waals surface area contributed by atoms with Gasteiger partial charge in [-0.3, -0.25) is 4.79 Å². The van der Waals surface area contributed by atoms with Crippen LogP contribution in [0.15, 0.2) is 24.3 Å². The van der Waals surface area contributed by atoms with Crippen LogP contribution in [-0.4, -0.2) is 43.1 Å². The van der Waals surface area contributed by atoms with Crippen LogP contribution in [0.4, 0.5) is 3.89 Å². The smallest absolute Gasteiger partial charge is 0.302 e. The van der Waals surface area contributed by atoms with Gasteiger partial charge in [0.2, 0.25) is 5.91 Å². The molecule has 22 heavy (non-hydrogen) atoms. The first kappa shape index (κ1) is 15.4. The lowest BCUT2D eigenvalue weighted by Crippen LogP contribution is -2.28. The molecule has 1 amide bonds. The molecule has 0 radical (unpaired) electrons. The lowest BCUT2D eigenvalue weighted by atomic mass is 10.1. The van der Waals surface area contributed by atoms with Crippen LogP contribution >= 0.6 is 11.3 Å². The van der Waals surface area contributed by atoms with Gasteiger partial charge in [0.25, 0.3) is 0 Å². The molecule has 118 valence electrons. The minimum Gasteiger partial charge on any atom is -0.342 e. The van der Waals surface area contributed by atoms with E-state index in [0.29, 0.717) is 19.5 Å². The molecule has 1 aromatic heterocycles. The van der Waals surface area contributed by atoms with Crippen LogP contribution in [0.1, 0.15) is 11.4 Å². The van der Waals surface area contributed by atoms with E-state index >= 15 is 0 Å². The molecule has 1 aliphatic rings. The van der Waals surface area contributed by atoms with Gasteiger partial charge in [-0.15, -0.1) is 15.2 Å². The van der Waals surface area contributed by atoms with E-state index in [2.05, 4.69) is 4.98 Å². The Morgan fingerprint density at radius 2 is 2.14 bits per heavy atom. The molecule has 0 aliphatic carbocycles. The fourth-order valence-corrected chi connectivity index (χ4v) is 4.46. The number of likely N-dealkylation sites (tertiary alicyclic amines) is 1. The minimum atomic E-state index is -4.53. The van der Waals surface area contributed by atoms with Crippen molar-refractivity contribution in [3.8, 4) is 0 Å². The second-order valence-electron chi connectivity index (χ2n) is 5.44. The Balaban J connectivity index is 1.60. The van der Waals surface area contributed by atoms with Crippen LogP contribution in [0.25, 0.3) is 10.2 Å². The van der Waals surface area contributed by atoms with Crippen LogP contribution in [0.2, 0.25) is 0 Å². The minimum absolute atomic E-state index is 0.100. The van der Waals surface area contributed by atoms with Crippen LogP contribution in [0.3, 0.4) is 0 Å². The summed E-state index contributed by atoms with van der Waals surface area (Å²) in [6, 6.07) is 7.83. The number of fused-ring (bicyclic) bond motifs is 1. The molecule has 1 aliphatic heterocycles. The molecular weight excluding hydrogens is 327 g/mol. The molecule has 1 atom stereocenters. The summed E-state index contributed by atoms with van der Waals surface area (Å²) in [5.41, 5.74) is 0.941. The van der Waals surface area contributed by atoms with Crippen LogP contribution in [0.5, 0.6) is 0 Å². The fourth-order valence-electron chi connectivity index (χ4n) is 2.72. The van der Waals surface area contributed by atoms with Gasteiger partial charge in [0, 0.05) is 31.8 Å². The monoisotopic (exact) mass is 342 g/mol. The summed E-state index contributed by atoms with van der Waals surface area (Å²) >= 11 is 1.59. The normalized spacial score (nSPS) is 19.2. The Kier molecular flexibility index (Phi) is 4.14. The third-order valence-corrected chi connectivity index (χ3v) is 5.63. The Bertz CT molecular complexity index is 770. The van der Waals surface area contributed by atoms with E-state index in [1.54, 1.807) is 16.2 Å². The number of rotatable bonds is 5. The number of nitrogens with zero attached hydrogens (tertiary/aromatic N) is 2. The SMILES string of the molecule is O=C1CC(CS(=O)(=O)F)CN1CCc1nc2ccccc2s1. The predicted octanol–water partition coefficient (Wildman–Crippen LogP) is 1.99. The zero-order chi connectivity index (χ0) is 15.7. The van der Waals surface area contributed by atoms with Crippen molar-refractivity contribution in [2.24, 2.45) is 5.92 Å². The Labute approximate surface area is 132 Å². The zero-order valence-corrected chi connectivity index (χ0v) is 13.4. The van der Waals surface area contributed by atoms with Crippen LogP contribution < -0.4 is 0 Å². The number of para-hydroxylation sites is 1. The number of aromatic nitrogens is 1. The second kappa shape index (κ2) is 5.92. The van der Waals surface area contributed by atoms with Crippen molar-refractivity contribution in [2.45, 2.75) is 12.8 Å². The van der Waals surface area contributed by atoms with Crippen molar-refractivity contribution < 1.29 is 17.1 Å². The summed E-state index contributed by atoms with van der Waals surface area (Å²) in [4.78, 5) is 18.0. The van der Waals surface area contributed by atoms with E-state index in [1.807, 2.05) is 24.3 Å². The predicted molar refractivity (Wildman–Crippen MR) is 82.9 cm³/mol. The number of thiazole rings is 1. The molecule has 0 saturated carbocycles. The molecule has 2 heterocycles. The average molecular weight is 342 g/mol. The maximum absolute atomic E-state index is 12.7. The first-order valence-corrected chi connectivity index (χ1v) is 9.32. The second-order valence-corrected chi connectivity index (χ2v) is 7.97. The van der Waals surface area contributed by atoms with E-state index in [9.17, 15) is 17.1 Å². The third-order valence-electron chi connectivity index (χ3n) is 3.66. The van der Waals surface area contributed by atoms with Crippen LogP contribution in [0, 0.1) is 5.92 Å². The van der Waals surface area contributed by atoms with E-state index < -0.39 is 21.9 Å². The first-order chi connectivity index (χ1) is 10.4. The van der Waals surface area contributed by atoms with Gasteiger partial charge in [-0.05, 0) is 12.1 Å². The molecule has 8 heteroatoms. The lowest BCUT2D eigenvalue weighted by molar-refractivity contribution is -0.127. The first-order valence-electron chi connectivity index (χ1n) is 6.95. The molecule has 0 bridgehead atoms. The molecule has 0 spiro atoms. The van der Waals surface area contributed by atoms with Gasteiger partial charge >= 0.3 is 10.2 Å². The zero-order valence-electron chi connectivity index (χ0n) is 11.7. The number of carbonyl (C=O) groups excluding carboxylic acids is 1. The van der Waals surface area contributed by atoms with Gasteiger partial charge in [-0.25, -0.2) is 4.98 Å². The number of amides is 1. The summed E-state index contributed by atoms with van der Waals surface area (Å²) in [6.07, 6.45) is 0.725. The molecule has 1 fully saturated rings. The highest BCUT2D eigenvalue weighted by Crippen LogP contribution is 2.24. The van der Waals surface area contributed by atoms with Gasteiger partial charge in [0.15, 0.2) is 0 Å². The van der Waals surface area contributed by atoms with Gasteiger partial charge < -0.3 is 4.90 Å². The molecule has 1 unspecified atom stereocenters. The van der Waals surface area contributed by atoms with Crippen molar-refractivity contribution in [3.05, 3.63) is 29.3 Å². The number of hydrogen-bond donors (Lipinski definition) is 0. The van der Waals surface area contributed by atoms with Crippen molar-refractivity contribution >= 4 is 37.7 Å². The number of halogens is 1. The highest BCUT2D eigenvalue weighted by Gasteiger charge is 2.32. The molecule has 5 nitrogen and oxygen atoms in total. The molecule has 2 aromatic rings. The quantitative estimate of drug-likeness (QED) is 0.779. The number of carbonyl (C=O) groups is 1. The Morgan fingerprint density at radius 3 is 2.86 bits per heavy atom. The van der Waals surface area contributed by atoms with E-state index in [1.165, 1.54) is 0 Å². The molecule has 0 N–H and O–H groups in total. The standard InChI is InChI=1S/C14H15FN2O3S2/c15-22(19,20)9-10-7-14(18)17(8-10)6-5-13-16-11-3-1-2-4-12(11)21-13/h1-4,10H,5-9H2. The molecular formula is C14H15FN2O3S2. The van der Waals surface area contributed by atoms with Crippen molar-refractivity contribution in [1.29, 1.82) is 0 Å². The average Bonchev–Trinajstić information content (AvgIpc) is 2.97. The van der Waals surface area contributed by atoms with Crippen molar-refractivity contribution in [3.63, 3.8) is 0 Å². The third kappa shape index (κ3) is 3.61.